The third kappa shape index (κ3) is 5.11. The molecule has 0 saturated heterocycles. The molecule has 0 radical (unpaired) electrons. The number of para-hydroxylation sites is 4. The zero-order valence-electron chi connectivity index (χ0n) is 37.4. The van der Waals surface area contributed by atoms with Crippen LogP contribution in [0.2, 0.25) is 0 Å². The second kappa shape index (κ2) is 14.3. The molecule has 69 heavy (non-hydrogen) atoms. The predicted octanol–water partition coefficient (Wildman–Crippen LogP) is 16.9. The molecular formula is C66H41NO2. The average Bonchev–Trinajstić information content (AvgIpc) is 3.86. The van der Waals surface area contributed by atoms with Crippen LogP contribution in [0.25, 0.3) is 44.2 Å². The van der Waals surface area contributed by atoms with E-state index in [-0.39, 0.29) is 0 Å². The SMILES string of the molecule is c1ccc2c(c1)Oc1ccccc1C21c2ccccc2-c2ccc(N(c3ccc(-c4cccc5ccccc45)cc3)c3ccc4c(c3)C3(c5ccccc5Oc5ccccc53)c3ccccc3-4)cc21. The zero-order valence-corrected chi connectivity index (χ0v) is 37.4. The molecule has 11 aromatic carbocycles. The number of ether oxygens (including phenoxy) is 2. The van der Waals surface area contributed by atoms with Crippen LogP contribution >= 0.6 is 0 Å². The number of nitrogens with zero attached hydrogens (tertiary/aromatic N) is 1. The van der Waals surface area contributed by atoms with Crippen molar-refractivity contribution in [2.75, 3.05) is 4.90 Å². The van der Waals surface area contributed by atoms with Gasteiger partial charge in [0.05, 0.1) is 10.8 Å². The molecule has 0 unspecified atom stereocenters. The molecule has 322 valence electrons. The van der Waals surface area contributed by atoms with Gasteiger partial charge in [-0.3, -0.25) is 0 Å². The van der Waals surface area contributed by atoms with Gasteiger partial charge in [0.15, 0.2) is 0 Å². The van der Waals surface area contributed by atoms with Crippen LogP contribution in [0.4, 0.5) is 17.1 Å². The Kier molecular flexibility index (Phi) is 7.92. The van der Waals surface area contributed by atoms with Crippen molar-refractivity contribution in [3.8, 4) is 56.4 Å². The Hall–Kier alpha value is -8.92. The van der Waals surface area contributed by atoms with Gasteiger partial charge in [0.2, 0.25) is 0 Å². The van der Waals surface area contributed by atoms with Gasteiger partial charge in [-0.05, 0) is 127 Å². The van der Waals surface area contributed by atoms with E-state index in [2.05, 4.69) is 254 Å². The van der Waals surface area contributed by atoms with Crippen molar-refractivity contribution in [1.29, 1.82) is 0 Å². The minimum atomic E-state index is -0.615. The fraction of sp³-hybridized carbons (Fsp3) is 0.0303. The Balaban J connectivity index is 0.997. The molecule has 0 atom stereocenters. The summed E-state index contributed by atoms with van der Waals surface area (Å²) in [5.74, 6) is 3.52. The molecule has 0 fully saturated rings. The van der Waals surface area contributed by atoms with Crippen molar-refractivity contribution in [3.05, 3.63) is 293 Å². The van der Waals surface area contributed by atoms with E-state index in [1.165, 1.54) is 66.4 Å². The fourth-order valence-corrected chi connectivity index (χ4v) is 12.7. The first kappa shape index (κ1) is 38.2. The van der Waals surface area contributed by atoms with Crippen molar-refractivity contribution in [2.45, 2.75) is 10.8 Å². The van der Waals surface area contributed by atoms with Crippen LogP contribution in [0.5, 0.6) is 23.0 Å². The maximum atomic E-state index is 6.74. The first-order valence-corrected chi connectivity index (χ1v) is 23.8. The molecule has 2 aliphatic heterocycles. The second-order valence-corrected chi connectivity index (χ2v) is 18.6. The summed E-state index contributed by atoms with van der Waals surface area (Å²) < 4.78 is 13.5. The van der Waals surface area contributed by atoms with Gasteiger partial charge in [-0.25, -0.2) is 0 Å². The van der Waals surface area contributed by atoms with E-state index >= 15 is 0 Å². The van der Waals surface area contributed by atoms with E-state index in [9.17, 15) is 0 Å². The van der Waals surface area contributed by atoms with Gasteiger partial charge in [-0.1, -0.05) is 188 Å². The maximum Gasteiger partial charge on any atom is 0.132 e. The highest BCUT2D eigenvalue weighted by Gasteiger charge is 2.53. The predicted molar refractivity (Wildman–Crippen MR) is 279 cm³/mol. The Bertz CT molecular complexity index is 3650. The molecule has 2 aliphatic carbocycles. The lowest BCUT2D eigenvalue weighted by atomic mass is 9.66. The van der Waals surface area contributed by atoms with E-state index in [1.54, 1.807) is 0 Å². The van der Waals surface area contributed by atoms with E-state index in [1.807, 2.05) is 0 Å². The molecule has 2 heterocycles. The molecule has 11 aromatic rings. The van der Waals surface area contributed by atoms with Crippen molar-refractivity contribution in [2.24, 2.45) is 0 Å². The lowest BCUT2D eigenvalue weighted by molar-refractivity contribution is 0.436. The Morgan fingerprint density at radius 2 is 0.623 bits per heavy atom. The normalized spacial score (nSPS) is 14.3. The number of rotatable bonds is 4. The van der Waals surface area contributed by atoms with Crippen LogP contribution in [0.1, 0.15) is 44.5 Å². The summed E-state index contributed by atoms with van der Waals surface area (Å²) >= 11 is 0. The van der Waals surface area contributed by atoms with Crippen LogP contribution in [-0.4, -0.2) is 0 Å². The molecular weight excluding hydrogens is 839 g/mol. The van der Waals surface area contributed by atoms with Crippen LogP contribution in [0.3, 0.4) is 0 Å². The average molecular weight is 880 g/mol. The molecule has 3 heteroatoms. The summed E-state index contributed by atoms with van der Waals surface area (Å²) in [4.78, 5) is 2.47. The molecule has 15 rings (SSSR count). The molecule has 0 aromatic heterocycles. The van der Waals surface area contributed by atoms with Gasteiger partial charge < -0.3 is 14.4 Å². The summed E-state index contributed by atoms with van der Waals surface area (Å²) in [6, 6.07) is 91.0. The van der Waals surface area contributed by atoms with Crippen LogP contribution in [0, 0.1) is 0 Å². The fourth-order valence-electron chi connectivity index (χ4n) is 12.7. The van der Waals surface area contributed by atoms with E-state index in [4.69, 9.17) is 9.47 Å². The number of fused-ring (bicyclic) bond motifs is 19. The zero-order chi connectivity index (χ0) is 45.3. The highest BCUT2D eigenvalue weighted by atomic mass is 16.5. The second-order valence-electron chi connectivity index (χ2n) is 18.6. The number of hydrogen-bond donors (Lipinski definition) is 0. The summed E-state index contributed by atoms with van der Waals surface area (Å²) in [5.41, 5.74) is 18.9. The Morgan fingerprint density at radius 1 is 0.261 bits per heavy atom. The summed E-state index contributed by atoms with van der Waals surface area (Å²) in [6.07, 6.45) is 0. The number of anilines is 3. The van der Waals surface area contributed by atoms with Gasteiger partial charge in [0.1, 0.15) is 23.0 Å². The van der Waals surface area contributed by atoms with E-state index in [0.29, 0.717) is 0 Å². The molecule has 0 amide bonds. The number of hydrogen-bond acceptors (Lipinski definition) is 3. The molecule has 4 aliphatic rings. The Labute approximate surface area is 400 Å². The minimum Gasteiger partial charge on any atom is -0.457 e. The van der Waals surface area contributed by atoms with E-state index < -0.39 is 10.8 Å². The van der Waals surface area contributed by atoms with Crippen molar-refractivity contribution >= 4 is 27.8 Å². The van der Waals surface area contributed by atoms with Crippen LogP contribution in [-0.2, 0) is 10.8 Å². The topological polar surface area (TPSA) is 21.7 Å². The summed E-state index contributed by atoms with van der Waals surface area (Å²) in [5, 5.41) is 2.47. The standard InChI is InChI=1S/C66H41NO2/c1-2-18-47-42(16-1)17-15-21-48(47)43-32-34-44(35-33-43)67(45-36-38-51-49-19-3-5-22-53(49)65(59(51)40-45)55-24-7-11-28-61(55)68-62-29-12-8-25-56(62)65)46-37-39-52-50-20-4-6-23-54(50)66(60(52)41-46)57-26-9-13-30-63(57)69-64-31-14-10-27-58(64)66/h1-41H. The highest BCUT2D eigenvalue weighted by molar-refractivity contribution is 5.98. The lowest BCUT2D eigenvalue weighted by Gasteiger charge is -2.40. The van der Waals surface area contributed by atoms with Crippen LogP contribution < -0.4 is 14.4 Å². The van der Waals surface area contributed by atoms with Gasteiger partial charge in [-0.2, -0.15) is 0 Å². The maximum absolute atomic E-state index is 6.74. The quantitative estimate of drug-likeness (QED) is 0.176. The first-order valence-electron chi connectivity index (χ1n) is 23.8. The Morgan fingerprint density at radius 3 is 1.12 bits per heavy atom. The molecule has 0 bridgehead atoms. The number of benzene rings is 11. The molecule has 0 saturated carbocycles. The lowest BCUT2D eigenvalue weighted by Crippen LogP contribution is -2.32. The van der Waals surface area contributed by atoms with Gasteiger partial charge in [0, 0.05) is 39.3 Å². The van der Waals surface area contributed by atoms with E-state index in [0.717, 1.165) is 62.3 Å². The third-order valence-electron chi connectivity index (χ3n) is 15.4. The first-order chi connectivity index (χ1) is 34.2. The highest BCUT2D eigenvalue weighted by Crippen LogP contribution is 2.65. The van der Waals surface area contributed by atoms with Crippen molar-refractivity contribution in [3.63, 3.8) is 0 Å². The van der Waals surface area contributed by atoms with Crippen LogP contribution in [0.15, 0.2) is 249 Å². The monoisotopic (exact) mass is 879 g/mol. The smallest absolute Gasteiger partial charge is 0.132 e. The molecule has 0 N–H and O–H groups in total. The molecule has 3 nitrogen and oxygen atoms in total. The summed E-state index contributed by atoms with van der Waals surface area (Å²) in [7, 11) is 0. The largest absolute Gasteiger partial charge is 0.457 e. The van der Waals surface area contributed by atoms with Crippen molar-refractivity contribution < 1.29 is 9.47 Å². The minimum absolute atomic E-state index is 0.615. The molecule has 2 spiro atoms. The van der Waals surface area contributed by atoms with Gasteiger partial charge >= 0.3 is 0 Å². The van der Waals surface area contributed by atoms with Gasteiger partial charge in [-0.15, -0.1) is 0 Å². The van der Waals surface area contributed by atoms with Crippen molar-refractivity contribution in [1.82, 2.24) is 0 Å². The summed E-state index contributed by atoms with van der Waals surface area (Å²) in [6.45, 7) is 0. The van der Waals surface area contributed by atoms with Gasteiger partial charge in [0.25, 0.3) is 0 Å². The third-order valence-corrected chi connectivity index (χ3v) is 15.4.